The third kappa shape index (κ3) is 5.17. The summed E-state index contributed by atoms with van der Waals surface area (Å²) in [5.74, 6) is 1.16. The molecule has 0 saturated heterocycles. The lowest BCUT2D eigenvalue weighted by Gasteiger charge is -2.27. The first kappa shape index (κ1) is 26.2. The molecule has 0 radical (unpaired) electrons. The fourth-order valence-electron chi connectivity index (χ4n) is 4.24. The smallest absolute Gasteiger partial charge is 0.338 e. The molecule has 2 aromatic carbocycles. The van der Waals surface area contributed by atoms with Gasteiger partial charge in [0, 0.05) is 5.56 Å². The first-order valence-corrected chi connectivity index (χ1v) is 12.9. The largest absolute Gasteiger partial charge is 0.497 e. The van der Waals surface area contributed by atoms with Crippen molar-refractivity contribution in [3.8, 4) is 17.2 Å². The fourth-order valence-corrected chi connectivity index (χ4v) is 5.28. The summed E-state index contributed by atoms with van der Waals surface area (Å²) in [6, 6.07) is 12.1. The molecular weight excluding hydrogens is 492 g/mol. The van der Waals surface area contributed by atoms with Crippen LogP contribution in [-0.4, -0.2) is 38.0 Å². The van der Waals surface area contributed by atoms with E-state index < -0.39 is 12.0 Å². The van der Waals surface area contributed by atoms with Crippen LogP contribution in [0.4, 0.5) is 0 Å². The molecule has 4 rings (SSSR count). The van der Waals surface area contributed by atoms with Crippen LogP contribution in [0.15, 0.2) is 63.5 Å². The summed E-state index contributed by atoms with van der Waals surface area (Å²) < 4.78 is 24.4. The third-order valence-corrected chi connectivity index (χ3v) is 6.87. The van der Waals surface area contributed by atoms with Gasteiger partial charge in [-0.25, -0.2) is 9.79 Å². The van der Waals surface area contributed by atoms with Crippen LogP contribution in [0.3, 0.4) is 0 Å². The summed E-state index contributed by atoms with van der Waals surface area (Å²) >= 11 is 1.26. The first-order chi connectivity index (χ1) is 17.9. The van der Waals surface area contributed by atoms with Crippen molar-refractivity contribution in [1.82, 2.24) is 4.57 Å². The van der Waals surface area contributed by atoms with E-state index in [1.807, 2.05) is 43.3 Å². The van der Waals surface area contributed by atoms with Crippen LogP contribution in [0, 0.1) is 0 Å². The minimum absolute atomic E-state index is 0.194. The molecule has 3 aromatic rings. The Bertz CT molecular complexity index is 1520. The zero-order chi connectivity index (χ0) is 26.5. The molecule has 37 heavy (non-hydrogen) atoms. The number of fused-ring (bicyclic) bond motifs is 1. The Kier molecular flexibility index (Phi) is 8.13. The first-order valence-electron chi connectivity index (χ1n) is 12.1. The molecule has 0 bridgehead atoms. The van der Waals surface area contributed by atoms with Crippen LogP contribution in [0.2, 0.25) is 0 Å². The normalized spacial score (nSPS) is 15.2. The topological polar surface area (TPSA) is 88.4 Å². The number of esters is 1. The predicted octanol–water partition coefficient (Wildman–Crippen LogP) is 3.60. The molecule has 0 fully saturated rings. The van der Waals surface area contributed by atoms with E-state index in [0.29, 0.717) is 44.4 Å². The number of hydrogen-bond donors (Lipinski definition) is 0. The summed E-state index contributed by atoms with van der Waals surface area (Å²) in [6.45, 7) is 6.14. The number of benzene rings is 2. The number of hydrogen-bond acceptors (Lipinski definition) is 8. The number of allylic oxidation sites excluding steroid dienone is 1. The number of nitrogens with zero attached hydrogens (tertiary/aromatic N) is 2. The van der Waals surface area contributed by atoms with E-state index in [2.05, 4.69) is 4.99 Å². The maximum atomic E-state index is 13.9. The van der Waals surface area contributed by atoms with Gasteiger partial charge in [0.15, 0.2) is 16.3 Å². The van der Waals surface area contributed by atoms with Gasteiger partial charge in [-0.1, -0.05) is 42.5 Å². The minimum atomic E-state index is -0.801. The van der Waals surface area contributed by atoms with Crippen molar-refractivity contribution in [1.29, 1.82) is 0 Å². The molecule has 0 saturated carbocycles. The van der Waals surface area contributed by atoms with Gasteiger partial charge in [-0.3, -0.25) is 9.36 Å². The summed E-state index contributed by atoms with van der Waals surface area (Å²) in [5, 5.41) is 0. The lowest BCUT2D eigenvalue weighted by molar-refractivity contribution is -0.139. The Morgan fingerprint density at radius 2 is 1.92 bits per heavy atom. The fraction of sp³-hybridized carbons (Fsp3) is 0.321. The van der Waals surface area contributed by atoms with E-state index in [4.69, 9.17) is 18.9 Å². The lowest BCUT2D eigenvalue weighted by Crippen LogP contribution is -2.40. The van der Waals surface area contributed by atoms with Gasteiger partial charge in [0.2, 0.25) is 0 Å². The van der Waals surface area contributed by atoms with Crippen LogP contribution < -0.4 is 29.1 Å². The SMILES string of the molecule is CCCOc1c(OC)cccc1[C@H]1C(C(=O)OCC)=C(C)N=c2sc(=Cc3cccc(OC)c3)c(=O)n21. The molecule has 1 aromatic heterocycles. The monoisotopic (exact) mass is 522 g/mol. The number of carbonyl (C=O) groups is 1. The number of thiazole rings is 1. The van der Waals surface area contributed by atoms with E-state index >= 15 is 0 Å². The molecule has 1 aliphatic heterocycles. The molecule has 0 spiro atoms. The molecule has 8 nitrogen and oxygen atoms in total. The van der Waals surface area contributed by atoms with E-state index in [0.717, 1.165) is 12.0 Å². The van der Waals surface area contributed by atoms with E-state index in [9.17, 15) is 9.59 Å². The highest BCUT2D eigenvalue weighted by Gasteiger charge is 2.36. The molecule has 0 unspecified atom stereocenters. The Morgan fingerprint density at radius 1 is 1.14 bits per heavy atom. The Labute approximate surface area is 219 Å². The maximum absolute atomic E-state index is 13.9. The van der Waals surface area contributed by atoms with Crippen LogP contribution in [0.5, 0.6) is 17.2 Å². The average molecular weight is 523 g/mol. The van der Waals surface area contributed by atoms with E-state index in [1.54, 1.807) is 44.8 Å². The molecule has 1 atom stereocenters. The number of aromatic nitrogens is 1. The highest BCUT2D eigenvalue weighted by molar-refractivity contribution is 7.07. The lowest BCUT2D eigenvalue weighted by atomic mass is 9.94. The number of methoxy groups -OCH3 is 2. The molecule has 1 aliphatic rings. The van der Waals surface area contributed by atoms with Gasteiger partial charge >= 0.3 is 5.97 Å². The molecule has 0 amide bonds. The molecule has 0 N–H and O–H groups in total. The van der Waals surface area contributed by atoms with Gasteiger partial charge in [0.25, 0.3) is 5.56 Å². The summed E-state index contributed by atoms with van der Waals surface area (Å²) in [5.41, 5.74) is 1.95. The Morgan fingerprint density at radius 3 is 2.62 bits per heavy atom. The van der Waals surface area contributed by atoms with E-state index in [-0.39, 0.29) is 17.7 Å². The van der Waals surface area contributed by atoms with Gasteiger partial charge < -0.3 is 18.9 Å². The molecule has 2 heterocycles. The van der Waals surface area contributed by atoms with Gasteiger partial charge in [-0.2, -0.15) is 0 Å². The molecular formula is C28H30N2O6S. The second-order valence-electron chi connectivity index (χ2n) is 8.31. The quantitative estimate of drug-likeness (QED) is 0.399. The number of rotatable bonds is 9. The summed E-state index contributed by atoms with van der Waals surface area (Å²) in [4.78, 5) is 32.2. The second-order valence-corrected chi connectivity index (χ2v) is 9.32. The number of para-hydroxylation sites is 1. The summed E-state index contributed by atoms with van der Waals surface area (Å²) in [7, 11) is 3.16. The van der Waals surface area contributed by atoms with Crippen LogP contribution in [-0.2, 0) is 9.53 Å². The number of ether oxygens (including phenoxy) is 4. The maximum Gasteiger partial charge on any atom is 0.338 e. The van der Waals surface area contributed by atoms with Crippen molar-refractivity contribution in [2.45, 2.75) is 33.2 Å². The van der Waals surface area contributed by atoms with Crippen molar-refractivity contribution in [2.75, 3.05) is 27.4 Å². The molecule has 194 valence electrons. The highest BCUT2D eigenvalue weighted by atomic mass is 32.1. The average Bonchev–Trinajstić information content (AvgIpc) is 3.20. The van der Waals surface area contributed by atoms with Crippen molar-refractivity contribution in [3.05, 3.63) is 84.5 Å². The van der Waals surface area contributed by atoms with Crippen molar-refractivity contribution in [3.63, 3.8) is 0 Å². The van der Waals surface area contributed by atoms with Crippen LogP contribution in [0.1, 0.15) is 44.4 Å². The zero-order valence-corrected chi connectivity index (χ0v) is 22.4. The van der Waals surface area contributed by atoms with Gasteiger partial charge in [0.1, 0.15) is 11.8 Å². The number of carbonyl (C=O) groups excluding carboxylic acids is 1. The van der Waals surface area contributed by atoms with Crippen molar-refractivity contribution < 1.29 is 23.7 Å². The third-order valence-electron chi connectivity index (χ3n) is 5.88. The van der Waals surface area contributed by atoms with Crippen LogP contribution in [0.25, 0.3) is 6.08 Å². The Balaban J connectivity index is 2.00. The highest BCUT2D eigenvalue weighted by Crippen LogP contribution is 2.40. The Hall–Kier alpha value is -3.85. The predicted molar refractivity (Wildman–Crippen MR) is 142 cm³/mol. The van der Waals surface area contributed by atoms with Gasteiger partial charge in [-0.05, 0) is 50.1 Å². The standard InChI is InChI=1S/C28H30N2O6S/c1-6-14-36-25-20(12-9-13-21(25)34-5)24-23(27(32)35-7-2)17(3)29-28-30(24)26(31)22(37-28)16-18-10-8-11-19(15-18)33-4/h8-13,15-16,24H,6-7,14H2,1-5H3/t24-/m0/s1. The van der Waals surface area contributed by atoms with Gasteiger partial charge in [-0.15, -0.1) is 0 Å². The minimum Gasteiger partial charge on any atom is -0.497 e. The zero-order valence-electron chi connectivity index (χ0n) is 21.6. The second kappa shape index (κ2) is 11.5. The van der Waals surface area contributed by atoms with E-state index in [1.165, 1.54) is 11.3 Å². The van der Waals surface area contributed by atoms with Crippen molar-refractivity contribution in [2.24, 2.45) is 4.99 Å². The summed E-state index contributed by atoms with van der Waals surface area (Å²) in [6.07, 6.45) is 2.58. The molecule has 9 heteroatoms. The van der Waals surface area contributed by atoms with Crippen molar-refractivity contribution >= 4 is 23.4 Å². The van der Waals surface area contributed by atoms with Crippen LogP contribution >= 0.6 is 11.3 Å². The molecule has 0 aliphatic carbocycles. The van der Waals surface area contributed by atoms with Gasteiger partial charge in [0.05, 0.1) is 43.2 Å².